The van der Waals surface area contributed by atoms with Crippen LogP contribution in [0.1, 0.15) is 15.2 Å². The van der Waals surface area contributed by atoms with Crippen LogP contribution in [0.4, 0.5) is 5.82 Å². The molecule has 27 heavy (non-hydrogen) atoms. The summed E-state index contributed by atoms with van der Waals surface area (Å²) in [6, 6.07) is 5.31. The molecule has 0 spiro atoms. The molecule has 3 rings (SSSR count). The summed E-state index contributed by atoms with van der Waals surface area (Å²) >= 11 is 1.64. The van der Waals surface area contributed by atoms with Crippen molar-refractivity contribution in [2.45, 2.75) is 11.3 Å². The molecule has 1 N–H and O–H groups in total. The van der Waals surface area contributed by atoms with E-state index in [1.54, 1.807) is 11.3 Å². The zero-order chi connectivity index (χ0) is 19.3. The van der Waals surface area contributed by atoms with Crippen molar-refractivity contribution in [3.63, 3.8) is 0 Å². The van der Waals surface area contributed by atoms with Gasteiger partial charge in [0, 0.05) is 30.7 Å². The Hall–Kier alpha value is -2.01. The Labute approximate surface area is 162 Å². The van der Waals surface area contributed by atoms with Gasteiger partial charge >= 0.3 is 5.97 Å². The van der Waals surface area contributed by atoms with Crippen LogP contribution in [0.5, 0.6) is 0 Å². The highest BCUT2D eigenvalue weighted by atomic mass is 32.2. The number of esters is 1. The number of nitrogens with zero attached hydrogens (tertiary/aromatic N) is 2. The Balaban J connectivity index is 1.88. The maximum atomic E-state index is 13.1. The van der Waals surface area contributed by atoms with Gasteiger partial charge in [0.25, 0.3) is 0 Å². The maximum absolute atomic E-state index is 13.1. The van der Waals surface area contributed by atoms with Gasteiger partial charge in [-0.25, -0.2) is 18.2 Å². The van der Waals surface area contributed by atoms with Crippen LogP contribution in [0.25, 0.3) is 0 Å². The molecule has 1 saturated heterocycles. The minimum Gasteiger partial charge on any atom is -0.465 e. The van der Waals surface area contributed by atoms with Crippen LogP contribution in [0, 0.1) is 0 Å². The Morgan fingerprint density at radius 3 is 2.85 bits per heavy atom. The number of carbonyl (C=O) groups is 1. The number of sulfonamides is 1. The first-order valence-electron chi connectivity index (χ1n) is 8.45. The molecule has 3 heterocycles. The Morgan fingerprint density at radius 2 is 2.19 bits per heavy atom. The van der Waals surface area contributed by atoms with E-state index in [1.807, 2.05) is 17.5 Å². The number of carbonyl (C=O) groups excluding carboxylic acids is 1. The highest BCUT2D eigenvalue weighted by molar-refractivity contribution is 7.89. The molecule has 0 aliphatic carbocycles. The third-order valence-electron chi connectivity index (χ3n) is 4.11. The predicted octanol–water partition coefficient (Wildman–Crippen LogP) is 1.61. The summed E-state index contributed by atoms with van der Waals surface area (Å²) in [4.78, 5) is 17.2. The molecule has 1 aliphatic heterocycles. The summed E-state index contributed by atoms with van der Waals surface area (Å²) in [5.74, 6) is -0.406. The summed E-state index contributed by atoms with van der Waals surface area (Å²) in [5.41, 5.74) is 0.0909. The van der Waals surface area contributed by atoms with Gasteiger partial charge in [0.1, 0.15) is 10.7 Å². The van der Waals surface area contributed by atoms with E-state index in [2.05, 4.69) is 10.3 Å². The van der Waals surface area contributed by atoms with Gasteiger partial charge in [0.05, 0.1) is 25.9 Å². The number of anilines is 1. The van der Waals surface area contributed by atoms with Crippen molar-refractivity contribution < 1.29 is 22.7 Å². The van der Waals surface area contributed by atoms with Gasteiger partial charge in [0.15, 0.2) is 0 Å². The third kappa shape index (κ3) is 4.64. The molecular weight excluding hydrogens is 390 g/mol. The number of ether oxygens (including phenoxy) is 2. The lowest BCUT2D eigenvalue weighted by Crippen LogP contribution is -2.41. The van der Waals surface area contributed by atoms with Crippen molar-refractivity contribution in [3.8, 4) is 0 Å². The van der Waals surface area contributed by atoms with Crippen LogP contribution in [-0.4, -0.2) is 63.6 Å². The molecule has 1 fully saturated rings. The lowest BCUT2D eigenvalue weighted by atomic mass is 10.3. The third-order valence-corrected chi connectivity index (χ3v) is 6.95. The monoisotopic (exact) mass is 411 g/mol. The fourth-order valence-corrected chi connectivity index (χ4v) is 4.95. The Kier molecular flexibility index (Phi) is 6.42. The van der Waals surface area contributed by atoms with Crippen LogP contribution >= 0.6 is 11.3 Å². The van der Waals surface area contributed by atoms with Crippen LogP contribution in [0.2, 0.25) is 0 Å². The van der Waals surface area contributed by atoms with Gasteiger partial charge < -0.3 is 14.8 Å². The highest BCUT2D eigenvalue weighted by Gasteiger charge is 2.30. The van der Waals surface area contributed by atoms with Gasteiger partial charge in [-0.1, -0.05) is 6.07 Å². The van der Waals surface area contributed by atoms with E-state index in [9.17, 15) is 13.2 Å². The number of aromatic nitrogens is 1. The van der Waals surface area contributed by atoms with Crippen LogP contribution in [0.15, 0.2) is 34.7 Å². The molecule has 146 valence electrons. The molecule has 10 heteroatoms. The van der Waals surface area contributed by atoms with E-state index in [4.69, 9.17) is 9.47 Å². The van der Waals surface area contributed by atoms with Gasteiger partial charge in [-0.05, 0) is 23.9 Å². The zero-order valence-corrected chi connectivity index (χ0v) is 16.5. The molecule has 0 aromatic carbocycles. The molecular formula is C17H21N3O5S2. The van der Waals surface area contributed by atoms with E-state index in [0.29, 0.717) is 19.8 Å². The normalized spacial score (nSPS) is 15.4. The Morgan fingerprint density at radius 1 is 1.41 bits per heavy atom. The van der Waals surface area contributed by atoms with Crippen molar-refractivity contribution in [1.29, 1.82) is 0 Å². The molecule has 2 aromatic heterocycles. The molecule has 0 atom stereocenters. The second-order valence-electron chi connectivity index (χ2n) is 5.83. The molecule has 0 amide bonds. The number of rotatable bonds is 7. The van der Waals surface area contributed by atoms with Gasteiger partial charge in [0.2, 0.25) is 10.0 Å². The van der Waals surface area contributed by atoms with E-state index in [0.717, 1.165) is 6.42 Å². The first kappa shape index (κ1) is 19.7. The quantitative estimate of drug-likeness (QED) is 0.691. The minimum absolute atomic E-state index is 0.0292. The first-order valence-corrected chi connectivity index (χ1v) is 10.8. The topological polar surface area (TPSA) is 97.8 Å². The summed E-state index contributed by atoms with van der Waals surface area (Å²) in [7, 11) is -2.58. The Bertz CT molecular complexity index is 878. The predicted molar refractivity (Wildman–Crippen MR) is 102 cm³/mol. The number of hydrogen-bond acceptors (Lipinski definition) is 8. The van der Waals surface area contributed by atoms with Gasteiger partial charge in [-0.2, -0.15) is 4.31 Å². The number of methoxy groups -OCH3 is 1. The second kappa shape index (κ2) is 8.79. The standard InChI is InChI=1S/C17H21N3O5S2/c1-24-17(21)13-11-15(27(22,23)20-6-8-25-9-7-20)16(19-12-13)18-5-4-14-3-2-10-26-14/h2-3,10-12H,4-9H2,1H3,(H,18,19). The average Bonchev–Trinajstić information content (AvgIpc) is 3.21. The van der Waals surface area contributed by atoms with Crippen LogP contribution in [0.3, 0.4) is 0 Å². The molecule has 0 saturated carbocycles. The lowest BCUT2D eigenvalue weighted by Gasteiger charge is -2.27. The van der Waals surface area contributed by atoms with Crippen molar-refractivity contribution >= 4 is 33.1 Å². The lowest BCUT2D eigenvalue weighted by molar-refractivity contribution is 0.0600. The van der Waals surface area contributed by atoms with Crippen LogP contribution in [-0.2, 0) is 25.9 Å². The van der Waals surface area contributed by atoms with Gasteiger partial charge in [-0.15, -0.1) is 11.3 Å². The first-order chi connectivity index (χ1) is 13.0. The zero-order valence-electron chi connectivity index (χ0n) is 14.9. The van der Waals surface area contributed by atoms with E-state index < -0.39 is 16.0 Å². The summed E-state index contributed by atoms with van der Waals surface area (Å²) in [6.07, 6.45) is 2.06. The summed E-state index contributed by atoms with van der Waals surface area (Å²) in [6.45, 7) is 1.73. The van der Waals surface area contributed by atoms with E-state index in [1.165, 1.54) is 28.6 Å². The fraction of sp³-hybridized carbons (Fsp3) is 0.412. The molecule has 0 bridgehead atoms. The number of pyridine rings is 1. The second-order valence-corrected chi connectivity index (χ2v) is 8.77. The number of morpholine rings is 1. The maximum Gasteiger partial charge on any atom is 0.339 e. The molecule has 0 unspecified atom stereocenters. The van der Waals surface area contributed by atoms with E-state index in [-0.39, 0.29) is 29.4 Å². The van der Waals surface area contributed by atoms with E-state index >= 15 is 0 Å². The molecule has 2 aromatic rings. The van der Waals surface area contributed by atoms with Crippen molar-refractivity contribution in [1.82, 2.24) is 9.29 Å². The SMILES string of the molecule is COC(=O)c1cnc(NCCc2cccs2)c(S(=O)(=O)N2CCOCC2)c1. The van der Waals surface area contributed by atoms with Crippen molar-refractivity contribution in [3.05, 3.63) is 40.2 Å². The van der Waals surface area contributed by atoms with Crippen molar-refractivity contribution in [2.75, 3.05) is 45.3 Å². The smallest absolute Gasteiger partial charge is 0.339 e. The number of nitrogens with one attached hydrogen (secondary N) is 1. The largest absolute Gasteiger partial charge is 0.465 e. The van der Waals surface area contributed by atoms with Crippen molar-refractivity contribution in [2.24, 2.45) is 0 Å². The highest BCUT2D eigenvalue weighted by Crippen LogP contribution is 2.25. The summed E-state index contributed by atoms with van der Waals surface area (Å²) in [5, 5.41) is 5.08. The fourth-order valence-electron chi connectivity index (χ4n) is 2.69. The molecule has 8 nitrogen and oxygen atoms in total. The number of hydrogen-bond donors (Lipinski definition) is 1. The molecule has 0 radical (unpaired) electrons. The summed E-state index contributed by atoms with van der Waals surface area (Å²) < 4.78 is 37.5. The van der Waals surface area contributed by atoms with Crippen LogP contribution < -0.4 is 5.32 Å². The average molecular weight is 412 g/mol. The number of thiophene rings is 1. The van der Waals surface area contributed by atoms with Gasteiger partial charge in [-0.3, -0.25) is 0 Å². The molecule has 1 aliphatic rings. The minimum atomic E-state index is -3.82.